The molecule has 1 aliphatic rings. The van der Waals surface area contributed by atoms with Crippen molar-refractivity contribution in [3.05, 3.63) is 0 Å². The van der Waals surface area contributed by atoms with Gasteiger partial charge in [-0.2, -0.15) is 0 Å². The summed E-state index contributed by atoms with van der Waals surface area (Å²) in [6.07, 6.45) is 5.30. The Labute approximate surface area is 86.5 Å². The average molecular weight is 286 g/mol. The Morgan fingerprint density at radius 1 is 1.42 bits per heavy atom. The largest absolute Gasteiger partial charge is 0.350 e. The number of methoxy groups -OCH3 is 1. The van der Waals surface area contributed by atoms with E-state index in [1.54, 1.807) is 7.11 Å². The Kier molecular flexibility index (Phi) is 4.22. The van der Waals surface area contributed by atoms with E-state index in [-0.39, 0.29) is 3.92 Å². The smallest absolute Gasteiger partial charge is 0.212 e. The van der Waals surface area contributed by atoms with Crippen molar-refractivity contribution in [2.45, 2.75) is 41.8 Å². The lowest BCUT2D eigenvalue weighted by atomic mass is 10.1. The summed E-state index contributed by atoms with van der Waals surface area (Å²) >= 11 is 2.29. The topological polar surface area (TPSA) is 38.7 Å². The van der Waals surface area contributed by atoms with Crippen LogP contribution in [0.1, 0.15) is 32.1 Å². The normalized spacial score (nSPS) is 37.8. The lowest BCUT2D eigenvalue weighted by Gasteiger charge is -2.31. The van der Waals surface area contributed by atoms with Gasteiger partial charge >= 0.3 is 0 Å². The molecule has 1 N–H and O–H groups in total. The van der Waals surface area contributed by atoms with Gasteiger partial charge in [0.25, 0.3) is 0 Å². The maximum atomic E-state index is 8.81. The van der Waals surface area contributed by atoms with Gasteiger partial charge in [0.05, 0.1) is 3.92 Å². The predicted molar refractivity (Wildman–Crippen MR) is 54.3 cm³/mol. The molecule has 0 radical (unpaired) electrons. The lowest BCUT2D eigenvalue weighted by Crippen LogP contribution is -2.42. The molecule has 3 nitrogen and oxygen atoms in total. The van der Waals surface area contributed by atoms with E-state index in [1.807, 2.05) is 0 Å². The molecule has 1 fully saturated rings. The summed E-state index contributed by atoms with van der Waals surface area (Å²) < 4.78 is 5.48. The highest BCUT2D eigenvalue weighted by molar-refractivity contribution is 14.1. The second kappa shape index (κ2) is 4.74. The van der Waals surface area contributed by atoms with Crippen LogP contribution >= 0.6 is 22.6 Å². The fourth-order valence-electron chi connectivity index (χ4n) is 1.62. The number of hydrogen-bond acceptors (Lipinski definition) is 3. The van der Waals surface area contributed by atoms with Gasteiger partial charge in [0.2, 0.25) is 5.79 Å². The Bertz CT molecular complexity index is 136. The fraction of sp³-hybridized carbons (Fsp3) is 1.00. The molecular weight excluding hydrogens is 271 g/mol. The molecule has 0 saturated heterocycles. The first-order valence-corrected chi connectivity index (χ1v) is 5.51. The van der Waals surface area contributed by atoms with Gasteiger partial charge in [0.15, 0.2) is 0 Å². The zero-order valence-corrected chi connectivity index (χ0v) is 9.41. The van der Waals surface area contributed by atoms with Crippen molar-refractivity contribution in [3.8, 4) is 0 Å². The molecule has 0 bridgehead atoms. The molecule has 12 heavy (non-hydrogen) atoms. The maximum Gasteiger partial charge on any atom is 0.212 e. The number of hydrogen-bond donors (Lipinski definition) is 1. The van der Waals surface area contributed by atoms with Crippen molar-refractivity contribution in [1.82, 2.24) is 0 Å². The Morgan fingerprint density at radius 2 is 2.17 bits per heavy atom. The fourth-order valence-corrected chi connectivity index (χ4v) is 2.74. The van der Waals surface area contributed by atoms with Gasteiger partial charge in [-0.3, -0.25) is 0 Å². The Hall–Kier alpha value is 0.610. The summed E-state index contributed by atoms with van der Waals surface area (Å²) in [4.78, 5) is 4.49. The number of halogens is 1. The van der Waals surface area contributed by atoms with Crippen LogP contribution in [0.4, 0.5) is 0 Å². The lowest BCUT2D eigenvalue weighted by molar-refractivity contribution is -0.398. The zero-order chi connectivity index (χ0) is 9.03. The first-order valence-electron chi connectivity index (χ1n) is 4.27. The first kappa shape index (κ1) is 10.7. The van der Waals surface area contributed by atoms with E-state index >= 15 is 0 Å². The minimum absolute atomic E-state index is 0.243. The van der Waals surface area contributed by atoms with Crippen LogP contribution in [-0.2, 0) is 9.62 Å². The van der Waals surface area contributed by atoms with Crippen molar-refractivity contribution < 1.29 is 14.9 Å². The van der Waals surface area contributed by atoms with E-state index < -0.39 is 5.79 Å². The van der Waals surface area contributed by atoms with E-state index in [4.69, 9.17) is 9.99 Å². The molecule has 2 atom stereocenters. The summed E-state index contributed by atoms with van der Waals surface area (Å²) in [5.41, 5.74) is 0. The highest BCUT2D eigenvalue weighted by Gasteiger charge is 2.40. The third-order valence-electron chi connectivity index (χ3n) is 2.46. The van der Waals surface area contributed by atoms with Crippen LogP contribution in [0, 0.1) is 0 Å². The van der Waals surface area contributed by atoms with Crippen LogP contribution in [0.5, 0.6) is 0 Å². The van der Waals surface area contributed by atoms with E-state index in [2.05, 4.69) is 27.5 Å². The molecular formula is C8H15IO3. The summed E-state index contributed by atoms with van der Waals surface area (Å²) in [6, 6.07) is 0. The third kappa shape index (κ3) is 2.10. The molecule has 0 aromatic rings. The summed E-state index contributed by atoms with van der Waals surface area (Å²) in [5.74, 6) is -0.753. The van der Waals surface area contributed by atoms with Gasteiger partial charge in [-0.15, -0.1) is 0 Å². The van der Waals surface area contributed by atoms with Gasteiger partial charge < -0.3 is 4.74 Å². The molecule has 4 heteroatoms. The van der Waals surface area contributed by atoms with E-state index in [0.29, 0.717) is 0 Å². The van der Waals surface area contributed by atoms with E-state index in [1.165, 1.54) is 12.8 Å². The SMILES string of the molecule is COC1(OO)CCCCCC1I. The third-order valence-corrected chi connectivity index (χ3v) is 4.03. The molecule has 0 aliphatic heterocycles. The minimum Gasteiger partial charge on any atom is -0.350 e. The van der Waals surface area contributed by atoms with E-state index in [9.17, 15) is 0 Å². The van der Waals surface area contributed by atoms with Crippen LogP contribution in [0.15, 0.2) is 0 Å². The first-order chi connectivity index (χ1) is 5.75. The highest BCUT2D eigenvalue weighted by atomic mass is 127. The van der Waals surface area contributed by atoms with Gasteiger partial charge in [0, 0.05) is 13.5 Å². The quantitative estimate of drug-likeness (QED) is 0.212. The molecule has 0 spiro atoms. The van der Waals surface area contributed by atoms with Crippen molar-refractivity contribution in [2.75, 3.05) is 7.11 Å². The van der Waals surface area contributed by atoms with Crippen molar-refractivity contribution in [2.24, 2.45) is 0 Å². The van der Waals surface area contributed by atoms with Crippen molar-refractivity contribution >= 4 is 22.6 Å². The molecule has 0 amide bonds. The summed E-state index contributed by atoms with van der Waals surface area (Å²) in [6.45, 7) is 0. The molecule has 0 aromatic heterocycles. The average Bonchev–Trinajstić information content (AvgIpc) is 2.28. The van der Waals surface area contributed by atoms with Gasteiger partial charge in [-0.25, -0.2) is 10.1 Å². The molecule has 0 heterocycles. The number of ether oxygens (including phenoxy) is 1. The Balaban J connectivity index is 2.66. The standard InChI is InChI=1S/C8H15IO3/c1-11-8(12-10)6-4-2-3-5-7(8)9/h7,10H,2-6H2,1H3. The number of alkyl halides is 1. The summed E-state index contributed by atoms with van der Waals surface area (Å²) in [7, 11) is 1.59. The molecule has 1 saturated carbocycles. The van der Waals surface area contributed by atoms with Crippen molar-refractivity contribution in [1.29, 1.82) is 0 Å². The highest BCUT2D eigenvalue weighted by Crippen LogP contribution is 2.35. The van der Waals surface area contributed by atoms with Crippen LogP contribution in [0.2, 0.25) is 0 Å². The molecule has 1 rings (SSSR count). The summed E-state index contributed by atoms with van der Waals surface area (Å²) in [5, 5.41) is 8.81. The van der Waals surface area contributed by atoms with Gasteiger partial charge in [-0.1, -0.05) is 35.4 Å². The van der Waals surface area contributed by atoms with Crippen LogP contribution in [0.3, 0.4) is 0 Å². The van der Waals surface area contributed by atoms with Crippen LogP contribution in [-0.4, -0.2) is 22.1 Å². The van der Waals surface area contributed by atoms with Crippen molar-refractivity contribution in [3.63, 3.8) is 0 Å². The van der Waals surface area contributed by atoms with E-state index in [0.717, 1.165) is 19.3 Å². The minimum atomic E-state index is -0.753. The maximum absolute atomic E-state index is 8.81. The molecule has 2 unspecified atom stereocenters. The number of rotatable bonds is 2. The van der Waals surface area contributed by atoms with Crippen LogP contribution in [0.25, 0.3) is 0 Å². The second-order valence-electron chi connectivity index (χ2n) is 3.17. The molecule has 1 aliphatic carbocycles. The van der Waals surface area contributed by atoms with Gasteiger partial charge in [0.1, 0.15) is 0 Å². The Morgan fingerprint density at radius 3 is 2.75 bits per heavy atom. The zero-order valence-electron chi connectivity index (χ0n) is 7.25. The molecule has 0 aromatic carbocycles. The second-order valence-corrected chi connectivity index (χ2v) is 4.68. The van der Waals surface area contributed by atoms with Crippen LogP contribution < -0.4 is 0 Å². The predicted octanol–water partition coefficient (Wildman–Crippen LogP) is 2.59. The monoisotopic (exact) mass is 286 g/mol. The van der Waals surface area contributed by atoms with Gasteiger partial charge in [-0.05, 0) is 12.8 Å². The molecule has 72 valence electrons.